The highest BCUT2D eigenvalue weighted by atomic mass is 32.1. The molecule has 0 unspecified atom stereocenters. The Labute approximate surface area is 113 Å². The van der Waals surface area contributed by atoms with E-state index in [2.05, 4.69) is 48.0 Å². The predicted octanol–water partition coefficient (Wildman–Crippen LogP) is 3.90. The summed E-state index contributed by atoms with van der Waals surface area (Å²) in [4.78, 5) is 12.1. The second-order valence-electron chi connectivity index (χ2n) is 6.08. The fourth-order valence-electron chi connectivity index (χ4n) is 2.05. The summed E-state index contributed by atoms with van der Waals surface area (Å²) in [5.74, 6) is 1.07. The van der Waals surface area contributed by atoms with Crippen molar-refractivity contribution in [2.45, 2.75) is 51.4 Å². The lowest BCUT2D eigenvalue weighted by atomic mass is 9.77. The Kier molecular flexibility index (Phi) is 3.57. The molecule has 0 aliphatic carbocycles. The SMILES string of the molecule is CC(C)(CCC(C)(C)c1ncc[nH]1)c1cscn1. The number of thiazole rings is 1. The van der Waals surface area contributed by atoms with Crippen LogP contribution in [-0.2, 0) is 10.8 Å². The van der Waals surface area contributed by atoms with Gasteiger partial charge in [0.25, 0.3) is 0 Å². The highest BCUT2D eigenvalue weighted by molar-refractivity contribution is 7.07. The molecule has 0 aliphatic rings. The molecule has 0 amide bonds. The first kappa shape index (κ1) is 13.3. The normalized spacial score (nSPS) is 12.9. The fraction of sp³-hybridized carbons (Fsp3) is 0.571. The van der Waals surface area contributed by atoms with E-state index < -0.39 is 0 Å². The average Bonchev–Trinajstić information content (AvgIpc) is 2.99. The Bertz CT molecular complexity index is 423. The van der Waals surface area contributed by atoms with Crippen LogP contribution in [0, 0.1) is 0 Å². The maximum absolute atomic E-state index is 4.45. The number of hydrogen-bond acceptors (Lipinski definition) is 3. The van der Waals surface area contributed by atoms with Crippen LogP contribution in [0.15, 0.2) is 23.3 Å². The molecule has 18 heavy (non-hydrogen) atoms. The molecule has 2 heterocycles. The predicted molar refractivity (Wildman–Crippen MR) is 76.0 cm³/mol. The molecule has 0 aromatic carbocycles. The van der Waals surface area contributed by atoms with Gasteiger partial charge in [0.2, 0.25) is 0 Å². The first-order chi connectivity index (χ1) is 8.42. The lowest BCUT2D eigenvalue weighted by molar-refractivity contribution is 0.359. The molecule has 98 valence electrons. The molecule has 1 N–H and O–H groups in total. The van der Waals surface area contributed by atoms with E-state index in [9.17, 15) is 0 Å². The lowest BCUT2D eigenvalue weighted by Crippen LogP contribution is -2.25. The van der Waals surface area contributed by atoms with Gasteiger partial charge in [0.15, 0.2) is 0 Å². The number of aromatic nitrogens is 3. The molecular weight excluding hydrogens is 242 g/mol. The molecule has 0 bridgehead atoms. The van der Waals surface area contributed by atoms with Gasteiger partial charge in [0.1, 0.15) is 5.82 Å². The number of nitrogens with one attached hydrogen (secondary N) is 1. The third-order valence-corrected chi connectivity index (χ3v) is 4.23. The molecule has 0 saturated carbocycles. The van der Waals surface area contributed by atoms with Crippen LogP contribution in [0.3, 0.4) is 0 Å². The van der Waals surface area contributed by atoms with Crippen LogP contribution in [0.4, 0.5) is 0 Å². The Morgan fingerprint density at radius 3 is 2.39 bits per heavy atom. The van der Waals surface area contributed by atoms with E-state index in [1.807, 2.05) is 17.9 Å². The molecule has 4 heteroatoms. The van der Waals surface area contributed by atoms with E-state index in [1.54, 1.807) is 11.3 Å². The van der Waals surface area contributed by atoms with Gasteiger partial charge in [-0.1, -0.05) is 27.7 Å². The Morgan fingerprint density at radius 1 is 1.11 bits per heavy atom. The van der Waals surface area contributed by atoms with Crippen LogP contribution >= 0.6 is 11.3 Å². The summed E-state index contributed by atoms with van der Waals surface area (Å²) in [6.45, 7) is 9.01. The van der Waals surface area contributed by atoms with Crippen LogP contribution in [-0.4, -0.2) is 15.0 Å². The summed E-state index contributed by atoms with van der Waals surface area (Å²) in [5.41, 5.74) is 3.32. The van der Waals surface area contributed by atoms with Crippen molar-refractivity contribution in [2.75, 3.05) is 0 Å². The third-order valence-electron chi connectivity index (χ3n) is 3.64. The topological polar surface area (TPSA) is 41.6 Å². The summed E-state index contributed by atoms with van der Waals surface area (Å²) >= 11 is 1.67. The van der Waals surface area contributed by atoms with Crippen LogP contribution < -0.4 is 0 Å². The van der Waals surface area contributed by atoms with Gasteiger partial charge in [-0.3, -0.25) is 0 Å². The van der Waals surface area contributed by atoms with Crippen molar-refractivity contribution in [1.82, 2.24) is 15.0 Å². The first-order valence-electron chi connectivity index (χ1n) is 6.30. The second kappa shape index (κ2) is 4.84. The van der Waals surface area contributed by atoms with Gasteiger partial charge in [-0.25, -0.2) is 9.97 Å². The zero-order chi connectivity index (χ0) is 13.2. The van der Waals surface area contributed by atoms with Gasteiger partial charge in [-0.2, -0.15) is 0 Å². The van der Waals surface area contributed by atoms with Crippen molar-refractivity contribution in [3.63, 3.8) is 0 Å². The van der Waals surface area contributed by atoms with Gasteiger partial charge in [-0.05, 0) is 12.8 Å². The minimum atomic E-state index is 0.0802. The lowest BCUT2D eigenvalue weighted by Gasteiger charge is -2.29. The number of imidazole rings is 1. The summed E-state index contributed by atoms with van der Waals surface area (Å²) in [6.07, 6.45) is 5.90. The summed E-state index contributed by atoms with van der Waals surface area (Å²) in [7, 11) is 0. The molecule has 0 radical (unpaired) electrons. The Morgan fingerprint density at radius 2 is 1.83 bits per heavy atom. The van der Waals surface area contributed by atoms with E-state index >= 15 is 0 Å². The van der Waals surface area contributed by atoms with Crippen molar-refractivity contribution in [2.24, 2.45) is 0 Å². The smallest absolute Gasteiger partial charge is 0.111 e. The number of H-pyrrole nitrogens is 1. The van der Waals surface area contributed by atoms with E-state index in [1.165, 1.54) is 5.69 Å². The van der Waals surface area contributed by atoms with E-state index in [0.717, 1.165) is 18.7 Å². The first-order valence-corrected chi connectivity index (χ1v) is 7.25. The number of nitrogens with zero attached hydrogens (tertiary/aromatic N) is 2. The Balaban J connectivity index is 2.03. The highest BCUT2D eigenvalue weighted by Gasteiger charge is 2.29. The molecule has 0 fully saturated rings. The molecule has 2 aromatic heterocycles. The van der Waals surface area contributed by atoms with Crippen LogP contribution in [0.2, 0.25) is 0 Å². The molecule has 0 atom stereocenters. The zero-order valence-electron chi connectivity index (χ0n) is 11.5. The molecule has 3 nitrogen and oxygen atoms in total. The van der Waals surface area contributed by atoms with Crippen LogP contribution in [0.25, 0.3) is 0 Å². The zero-order valence-corrected chi connectivity index (χ0v) is 12.3. The monoisotopic (exact) mass is 263 g/mol. The van der Waals surface area contributed by atoms with Crippen molar-refractivity contribution >= 4 is 11.3 Å². The largest absolute Gasteiger partial charge is 0.348 e. The maximum atomic E-state index is 4.45. The van der Waals surface area contributed by atoms with Crippen molar-refractivity contribution in [3.05, 3.63) is 34.8 Å². The average molecular weight is 263 g/mol. The van der Waals surface area contributed by atoms with E-state index in [0.29, 0.717) is 0 Å². The van der Waals surface area contributed by atoms with Crippen molar-refractivity contribution < 1.29 is 0 Å². The standard InChI is InChI=1S/C14H21N3S/c1-13(2,11-9-18-10-17-11)5-6-14(3,4)12-15-7-8-16-12/h7-10H,5-6H2,1-4H3,(H,15,16). The summed E-state index contributed by atoms with van der Waals surface area (Å²) in [6, 6.07) is 0. The van der Waals surface area contributed by atoms with E-state index in [4.69, 9.17) is 0 Å². The number of aromatic amines is 1. The summed E-state index contributed by atoms with van der Waals surface area (Å²) < 4.78 is 0. The van der Waals surface area contributed by atoms with Crippen molar-refractivity contribution in [3.8, 4) is 0 Å². The third kappa shape index (κ3) is 2.80. The molecule has 0 spiro atoms. The minimum absolute atomic E-state index is 0.0802. The fourth-order valence-corrected chi connectivity index (χ4v) is 2.80. The van der Waals surface area contributed by atoms with Crippen LogP contribution in [0.5, 0.6) is 0 Å². The quantitative estimate of drug-likeness (QED) is 0.888. The number of hydrogen-bond donors (Lipinski definition) is 1. The van der Waals surface area contributed by atoms with E-state index in [-0.39, 0.29) is 10.8 Å². The van der Waals surface area contributed by atoms with Gasteiger partial charge in [0, 0.05) is 28.6 Å². The Hall–Kier alpha value is -1.16. The molecule has 2 aromatic rings. The highest BCUT2D eigenvalue weighted by Crippen LogP contribution is 2.34. The summed E-state index contributed by atoms with van der Waals surface area (Å²) in [5, 5.41) is 2.15. The van der Waals surface area contributed by atoms with Gasteiger partial charge >= 0.3 is 0 Å². The second-order valence-corrected chi connectivity index (χ2v) is 6.80. The van der Waals surface area contributed by atoms with Gasteiger partial charge in [-0.15, -0.1) is 11.3 Å². The molecular formula is C14H21N3S. The van der Waals surface area contributed by atoms with Gasteiger partial charge in [0.05, 0.1) is 11.2 Å². The van der Waals surface area contributed by atoms with Gasteiger partial charge < -0.3 is 4.98 Å². The minimum Gasteiger partial charge on any atom is -0.348 e. The maximum Gasteiger partial charge on any atom is 0.111 e. The molecule has 2 rings (SSSR count). The molecule has 0 saturated heterocycles. The van der Waals surface area contributed by atoms with Crippen molar-refractivity contribution in [1.29, 1.82) is 0 Å². The van der Waals surface area contributed by atoms with Crippen LogP contribution in [0.1, 0.15) is 52.1 Å². The number of rotatable bonds is 5. The molecule has 0 aliphatic heterocycles.